The molecule has 3 heterocycles. The summed E-state index contributed by atoms with van der Waals surface area (Å²) in [6.07, 6.45) is 5.86. The van der Waals surface area contributed by atoms with Gasteiger partial charge < -0.3 is 29.6 Å². The van der Waals surface area contributed by atoms with Gasteiger partial charge in [0.1, 0.15) is 17.4 Å². The van der Waals surface area contributed by atoms with Gasteiger partial charge in [0.05, 0.1) is 12.6 Å². The van der Waals surface area contributed by atoms with Crippen molar-refractivity contribution >= 4 is 28.4 Å². The van der Waals surface area contributed by atoms with Crippen molar-refractivity contribution in [3.63, 3.8) is 0 Å². The van der Waals surface area contributed by atoms with Crippen molar-refractivity contribution in [2.75, 3.05) is 39.1 Å². The first-order valence-corrected chi connectivity index (χ1v) is 13.3. The van der Waals surface area contributed by atoms with Crippen molar-refractivity contribution < 1.29 is 14.3 Å². The number of hydrogen-bond donors (Lipinski definition) is 2. The number of anilines is 1. The zero-order chi connectivity index (χ0) is 27.4. The highest BCUT2D eigenvalue weighted by Crippen LogP contribution is 2.37. The Hall–Kier alpha value is -4.30. The highest BCUT2D eigenvalue weighted by molar-refractivity contribution is 6.03. The summed E-state index contributed by atoms with van der Waals surface area (Å²) in [6.45, 7) is 9.61. The number of amides is 1. The molecule has 0 atom stereocenters. The lowest BCUT2D eigenvalue weighted by Crippen LogP contribution is -2.32. The highest BCUT2D eigenvalue weighted by Gasteiger charge is 2.20. The van der Waals surface area contributed by atoms with E-state index in [1.165, 1.54) is 5.56 Å². The van der Waals surface area contributed by atoms with E-state index in [1.54, 1.807) is 25.4 Å². The van der Waals surface area contributed by atoms with Crippen molar-refractivity contribution in [2.45, 2.75) is 25.7 Å². The Morgan fingerprint density at radius 3 is 2.54 bits per heavy atom. The van der Waals surface area contributed by atoms with Crippen molar-refractivity contribution in [3.8, 4) is 17.2 Å². The minimum Gasteiger partial charge on any atom is -0.493 e. The third-order valence-electron chi connectivity index (χ3n) is 7.43. The molecule has 1 saturated heterocycles. The number of nitrogens with one attached hydrogen (secondary N) is 2. The maximum atomic E-state index is 12.9. The normalized spacial score (nSPS) is 14.2. The molecule has 0 aliphatic carbocycles. The molecule has 2 aromatic carbocycles. The smallest absolute Gasteiger partial charge is 0.256 e. The fourth-order valence-electron chi connectivity index (χ4n) is 5.08. The van der Waals surface area contributed by atoms with Gasteiger partial charge in [0.2, 0.25) is 0 Å². The number of carbonyl (C=O) groups is 1. The summed E-state index contributed by atoms with van der Waals surface area (Å²) in [7, 11) is 3.43. The number of pyridine rings is 1. The highest BCUT2D eigenvalue weighted by atomic mass is 16.5. The first-order valence-electron chi connectivity index (χ1n) is 13.3. The van der Waals surface area contributed by atoms with Crippen LogP contribution in [0.1, 0.15) is 41.6 Å². The maximum Gasteiger partial charge on any atom is 0.256 e. The monoisotopic (exact) mass is 525 g/mol. The second-order valence-corrected chi connectivity index (χ2v) is 9.71. The maximum absolute atomic E-state index is 12.9. The predicted molar refractivity (Wildman–Crippen MR) is 156 cm³/mol. The van der Waals surface area contributed by atoms with Crippen molar-refractivity contribution in [2.24, 2.45) is 0 Å². The lowest BCUT2D eigenvalue weighted by Gasteiger charge is -2.31. The van der Waals surface area contributed by atoms with Gasteiger partial charge in [-0.3, -0.25) is 4.79 Å². The lowest BCUT2D eigenvalue weighted by atomic mass is 9.89. The van der Waals surface area contributed by atoms with Crippen molar-refractivity contribution in [1.82, 2.24) is 19.8 Å². The molecule has 1 amide bonds. The summed E-state index contributed by atoms with van der Waals surface area (Å²) in [6, 6.07) is 17.2. The molecule has 0 saturated carbocycles. The quantitative estimate of drug-likeness (QED) is 0.282. The molecule has 1 aliphatic rings. The standard InChI is InChI=1S/C31H35N5O3/c1-5-35-15-11-23(12-16-35)22-6-8-24(9-7-22)31(37)34-30-19-26(10-14-33-30)39-29-18-25-13-17-36(21(2)32-3)27(25)20-28(29)38-4/h6-10,13-14,17-20,23,32H,2,5,11-12,15-16H2,1,3-4H3,(H,33,34,37). The molecule has 5 rings (SSSR count). The number of carbonyl (C=O) groups excluding carboxylic acids is 1. The number of piperidine rings is 1. The number of nitrogens with zero attached hydrogens (tertiary/aromatic N) is 3. The first-order chi connectivity index (χ1) is 19.0. The van der Waals surface area contributed by atoms with E-state index in [1.807, 2.05) is 48.1 Å². The topological polar surface area (TPSA) is 80.7 Å². The molecule has 4 aromatic rings. The molecular formula is C31H35N5O3. The van der Waals surface area contributed by atoms with Crippen LogP contribution in [-0.2, 0) is 0 Å². The number of aromatic nitrogens is 2. The average molecular weight is 526 g/mol. The number of rotatable bonds is 9. The molecule has 2 N–H and O–H groups in total. The van der Waals surface area contributed by atoms with Gasteiger partial charge in [0.15, 0.2) is 11.5 Å². The number of fused-ring (bicyclic) bond motifs is 1. The Bertz CT molecular complexity index is 1470. The summed E-state index contributed by atoms with van der Waals surface area (Å²) in [5.41, 5.74) is 2.84. The van der Waals surface area contributed by atoms with Crippen molar-refractivity contribution in [1.29, 1.82) is 0 Å². The van der Waals surface area contributed by atoms with Gasteiger partial charge in [-0.2, -0.15) is 0 Å². The van der Waals surface area contributed by atoms with Crippen LogP contribution in [0.2, 0.25) is 0 Å². The van der Waals surface area contributed by atoms with Gasteiger partial charge in [-0.1, -0.05) is 25.6 Å². The molecule has 1 fully saturated rings. The first kappa shape index (κ1) is 26.3. The van der Waals surface area contributed by atoms with E-state index < -0.39 is 0 Å². The number of benzene rings is 2. The van der Waals surface area contributed by atoms with Crippen LogP contribution in [0.15, 0.2) is 73.6 Å². The van der Waals surface area contributed by atoms with Crippen LogP contribution in [0.4, 0.5) is 5.82 Å². The predicted octanol–water partition coefficient (Wildman–Crippen LogP) is 5.94. The fraction of sp³-hybridized carbons (Fsp3) is 0.290. The van der Waals surface area contributed by atoms with E-state index >= 15 is 0 Å². The molecule has 202 valence electrons. The molecule has 8 nitrogen and oxygen atoms in total. The molecular weight excluding hydrogens is 490 g/mol. The second kappa shape index (κ2) is 11.6. The number of ether oxygens (including phenoxy) is 2. The Kier molecular flexibility index (Phi) is 7.84. The van der Waals surface area contributed by atoms with Crippen LogP contribution in [0.3, 0.4) is 0 Å². The Balaban J connectivity index is 1.27. The molecule has 0 unspecified atom stereocenters. The largest absolute Gasteiger partial charge is 0.493 e. The van der Waals surface area contributed by atoms with Gasteiger partial charge in [0, 0.05) is 42.5 Å². The van der Waals surface area contributed by atoms with E-state index in [4.69, 9.17) is 9.47 Å². The zero-order valence-corrected chi connectivity index (χ0v) is 22.7. The van der Waals surface area contributed by atoms with Crippen LogP contribution in [0, 0.1) is 0 Å². The summed E-state index contributed by atoms with van der Waals surface area (Å²) in [5.74, 6) is 3.17. The third-order valence-corrected chi connectivity index (χ3v) is 7.43. The molecule has 0 bridgehead atoms. The SMILES string of the molecule is C=C(NC)n1ccc2cc(Oc3ccnc(NC(=O)c4ccc(C5CCN(CC)CC5)cc4)c3)c(OC)cc21. The van der Waals surface area contributed by atoms with Crippen LogP contribution < -0.4 is 20.1 Å². The van der Waals surface area contributed by atoms with E-state index in [0.29, 0.717) is 34.5 Å². The molecule has 0 spiro atoms. The van der Waals surface area contributed by atoms with Gasteiger partial charge in [-0.05, 0) is 74.3 Å². The summed E-state index contributed by atoms with van der Waals surface area (Å²) >= 11 is 0. The van der Waals surface area contributed by atoms with E-state index in [9.17, 15) is 4.79 Å². The van der Waals surface area contributed by atoms with Gasteiger partial charge in [-0.15, -0.1) is 0 Å². The molecule has 39 heavy (non-hydrogen) atoms. The average Bonchev–Trinajstić information content (AvgIpc) is 3.39. The molecule has 2 aromatic heterocycles. The van der Waals surface area contributed by atoms with Crippen LogP contribution >= 0.6 is 0 Å². The van der Waals surface area contributed by atoms with Crippen LogP contribution in [0.25, 0.3) is 16.7 Å². The minimum atomic E-state index is -0.211. The number of likely N-dealkylation sites (tertiary alicyclic amines) is 1. The third kappa shape index (κ3) is 5.76. The summed E-state index contributed by atoms with van der Waals surface area (Å²) in [4.78, 5) is 19.7. The molecule has 8 heteroatoms. The lowest BCUT2D eigenvalue weighted by molar-refractivity contribution is 0.102. The Labute approximate surface area is 229 Å². The Morgan fingerprint density at radius 1 is 1.08 bits per heavy atom. The summed E-state index contributed by atoms with van der Waals surface area (Å²) < 4.78 is 13.7. The van der Waals surface area contributed by atoms with Crippen molar-refractivity contribution in [3.05, 3.63) is 84.7 Å². The van der Waals surface area contributed by atoms with Crippen LogP contribution in [0.5, 0.6) is 17.2 Å². The van der Waals surface area contributed by atoms with E-state index in [-0.39, 0.29) is 5.91 Å². The number of methoxy groups -OCH3 is 1. The van der Waals surface area contributed by atoms with E-state index in [2.05, 4.69) is 46.2 Å². The van der Waals surface area contributed by atoms with Crippen LogP contribution in [-0.4, -0.2) is 54.1 Å². The second-order valence-electron chi connectivity index (χ2n) is 9.71. The number of hydrogen-bond acceptors (Lipinski definition) is 6. The van der Waals surface area contributed by atoms with E-state index in [0.717, 1.165) is 49.2 Å². The van der Waals surface area contributed by atoms with Gasteiger partial charge in [-0.25, -0.2) is 4.98 Å². The molecule has 0 radical (unpaired) electrons. The molecule has 1 aliphatic heterocycles. The minimum absolute atomic E-state index is 0.211. The fourth-order valence-corrected chi connectivity index (χ4v) is 5.08. The summed E-state index contributed by atoms with van der Waals surface area (Å²) in [5, 5.41) is 6.92. The van der Waals surface area contributed by atoms with Gasteiger partial charge >= 0.3 is 0 Å². The van der Waals surface area contributed by atoms with Gasteiger partial charge in [0.25, 0.3) is 5.91 Å². The zero-order valence-electron chi connectivity index (χ0n) is 22.7. The Morgan fingerprint density at radius 2 is 1.85 bits per heavy atom.